The van der Waals surface area contributed by atoms with Crippen LogP contribution in [-0.2, 0) is 0 Å². The summed E-state index contributed by atoms with van der Waals surface area (Å²) in [5.41, 5.74) is 4.13. The molecule has 5 aliphatic rings. The molecule has 4 saturated carbocycles. The largest absolute Gasteiger partial charge is 0.393 e. The van der Waals surface area contributed by atoms with Crippen LogP contribution in [-0.4, -0.2) is 11.2 Å². The van der Waals surface area contributed by atoms with Crippen molar-refractivity contribution in [2.45, 2.75) is 118 Å². The Hall–Kier alpha value is -0.300. The van der Waals surface area contributed by atoms with E-state index in [0.29, 0.717) is 33.5 Å². The molecule has 0 heterocycles. The Morgan fingerprint density at radius 1 is 0.933 bits per heavy atom. The van der Waals surface area contributed by atoms with Gasteiger partial charge in [0.25, 0.3) is 0 Å². The van der Waals surface area contributed by atoms with Crippen molar-refractivity contribution < 1.29 is 5.11 Å². The number of allylic oxidation sites excluding steroid dienone is 2. The SMILES string of the molecule is CC1=CCC[C@]23C[C@]24CC[C@]2(C)[C@@H]([C@H](C)CC(O)CC(C)C)CC[C@@]2(C)C4CC[C@@H]13. The minimum Gasteiger partial charge on any atom is -0.393 e. The van der Waals surface area contributed by atoms with Crippen LogP contribution in [0.25, 0.3) is 0 Å². The molecule has 0 amide bonds. The van der Waals surface area contributed by atoms with Gasteiger partial charge >= 0.3 is 0 Å². The Kier molecular flexibility index (Phi) is 4.92. The highest BCUT2D eigenvalue weighted by atomic mass is 16.3. The van der Waals surface area contributed by atoms with E-state index in [2.05, 4.69) is 47.6 Å². The van der Waals surface area contributed by atoms with Gasteiger partial charge in [-0.3, -0.25) is 0 Å². The van der Waals surface area contributed by atoms with E-state index in [-0.39, 0.29) is 6.10 Å². The van der Waals surface area contributed by atoms with Gasteiger partial charge in [-0.2, -0.15) is 0 Å². The van der Waals surface area contributed by atoms with Crippen molar-refractivity contribution >= 4 is 0 Å². The average Bonchev–Trinajstić information content (AvgIpc) is 3.22. The first-order valence-electron chi connectivity index (χ1n) is 13.4. The molecule has 0 aliphatic heterocycles. The normalized spacial score (nSPS) is 51.3. The summed E-state index contributed by atoms with van der Waals surface area (Å²) < 4.78 is 0. The maximum absolute atomic E-state index is 10.7. The van der Waals surface area contributed by atoms with Crippen molar-refractivity contribution in [2.24, 2.45) is 51.2 Å². The summed E-state index contributed by atoms with van der Waals surface area (Å²) in [6.07, 6.45) is 17.6. The fourth-order valence-corrected chi connectivity index (χ4v) is 10.8. The van der Waals surface area contributed by atoms with Crippen LogP contribution in [0.4, 0.5) is 0 Å². The molecule has 0 aromatic rings. The lowest BCUT2D eigenvalue weighted by Crippen LogP contribution is -2.54. The molecule has 1 nitrogen and oxygen atoms in total. The molecular formula is C29H48O. The van der Waals surface area contributed by atoms with Crippen LogP contribution in [0.5, 0.6) is 0 Å². The van der Waals surface area contributed by atoms with Crippen molar-refractivity contribution in [3.05, 3.63) is 11.6 Å². The lowest BCUT2D eigenvalue weighted by molar-refractivity contribution is -0.122. The minimum absolute atomic E-state index is 0.107. The van der Waals surface area contributed by atoms with Gasteiger partial charge in [0, 0.05) is 0 Å². The molecule has 30 heavy (non-hydrogen) atoms. The van der Waals surface area contributed by atoms with E-state index in [1.165, 1.54) is 51.4 Å². The molecule has 4 fully saturated rings. The number of fused-ring (bicyclic) bond motifs is 2. The second-order valence-electron chi connectivity index (χ2n) is 13.6. The Labute approximate surface area is 186 Å². The molecule has 0 saturated heterocycles. The standard InChI is InChI=1S/C29H48O/c1-19(2)16-22(30)17-21(4)23-11-13-27(6)25-10-9-24-20(3)8-7-12-28(24)18-29(25,28)15-14-26(23,27)5/h8,19,21-25,30H,7,9-18H2,1-6H3/t21-,22?,23-,24+,25?,26-,27+,28-,29+/m1/s1. The van der Waals surface area contributed by atoms with Gasteiger partial charge in [0.05, 0.1) is 6.10 Å². The Balaban J connectivity index is 1.39. The molecule has 0 bridgehead atoms. The van der Waals surface area contributed by atoms with Gasteiger partial charge in [-0.1, -0.05) is 46.3 Å². The van der Waals surface area contributed by atoms with Crippen LogP contribution in [0.2, 0.25) is 0 Å². The second kappa shape index (κ2) is 6.85. The summed E-state index contributed by atoms with van der Waals surface area (Å²) in [5, 5.41) is 10.7. The van der Waals surface area contributed by atoms with Crippen molar-refractivity contribution in [2.75, 3.05) is 0 Å². The monoisotopic (exact) mass is 412 g/mol. The molecule has 5 rings (SSSR count). The van der Waals surface area contributed by atoms with E-state index in [0.717, 1.165) is 30.6 Å². The van der Waals surface area contributed by atoms with E-state index in [1.54, 1.807) is 12.0 Å². The van der Waals surface area contributed by atoms with Gasteiger partial charge in [0.1, 0.15) is 0 Å². The lowest BCUT2D eigenvalue weighted by Gasteiger charge is -2.61. The molecule has 0 aromatic carbocycles. The molecule has 1 N–H and O–H groups in total. The molecule has 9 atom stereocenters. The molecular weight excluding hydrogens is 364 g/mol. The summed E-state index contributed by atoms with van der Waals surface area (Å²) in [6, 6.07) is 0. The highest BCUT2D eigenvalue weighted by Crippen LogP contribution is 2.87. The third-order valence-electron chi connectivity index (χ3n) is 12.2. The van der Waals surface area contributed by atoms with E-state index in [1.807, 2.05) is 0 Å². The van der Waals surface area contributed by atoms with Crippen molar-refractivity contribution in [3.63, 3.8) is 0 Å². The zero-order valence-electron chi connectivity index (χ0n) is 20.8. The molecule has 2 spiro atoms. The van der Waals surface area contributed by atoms with Crippen LogP contribution in [0.15, 0.2) is 11.6 Å². The summed E-state index contributed by atoms with van der Waals surface area (Å²) in [4.78, 5) is 0. The maximum atomic E-state index is 10.7. The first-order chi connectivity index (χ1) is 14.1. The fourth-order valence-electron chi connectivity index (χ4n) is 10.8. The molecule has 2 unspecified atom stereocenters. The minimum atomic E-state index is -0.107. The number of rotatable bonds is 5. The zero-order chi connectivity index (χ0) is 21.5. The third kappa shape index (κ3) is 2.63. The van der Waals surface area contributed by atoms with Crippen LogP contribution in [0.1, 0.15) is 112 Å². The quantitative estimate of drug-likeness (QED) is 0.457. The smallest absolute Gasteiger partial charge is 0.0545 e. The average molecular weight is 413 g/mol. The first kappa shape index (κ1) is 21.5. The zero-order valence-corrected chi connectivity index (χ0v) is 20.8. The third-order valence-corrected chi connectivity index (χ3v) is 12.2. The predicted octanol–water partition coefficient (Wildman–Crippen LogP) is 7.78. The lowest BCUT2D eigenvalue weighted by atomic mass is 9.43. The van der Waals surface area contributed by atoms with Crippen LogP contribution in [0.3, 0.4) is 0 Å². The molecule has 1 heteroatoms. The van der Waals surface area contributed by atoms with E-state index >= 15 is 0 Å². The van der Waals surface area contributed by atoms with Gasteiger partial charge in [0.2, 0.25) is 0 Å². The van der Waals surface area contributed by atoms with Gasteiger partial charge in [0.15, 0.2) is 0 Å². The summed E-state index contributed by atoms with van der Waals surface area (Å²) >= 11 is 0. The number of hydrogen-bond donors (Lipinski definition) is 1. The molecule has 170 valence electrons. The Morgan fingerprint density at radius 2 is 1.70 bits per heavy atom. The van der Waals surface area contributed by atoms with Crippen LogP contribution < -0.4 is 0 Å². The number of aliphatic hydroxyl groups excluding tert-OH is 1. The summed E-state index contributed by atoms with van der Waals surface area (Å²) in [7, 11) is 0. The summed E-state index contributed by atoms with van der Waals surface area (Å²) in [6.45, 7) is 14.8. The van der Waals surface area contributed by atoms with Crippen molar-refractivity contribution in [3.8, 4) is 0 Å². The summed E-state index contributed by atoms with van der Waals surface area (Å²) in [5.74, 6) is 3.94. The van der Waals surface area contributed by atoms with Crippen LogP contribution >= 0.6 is 0 Å². The van der Waals surface area contributed by atoms with E-state index in [4.69, 9.17) is 0 Å². The molecule has 0 aromatic heterocycles. The van der Waals surface area contributed by atoms with Crippen molar-refractivity contribution in [1.29, 1.82) is 0 Å². The van der Waals surface area contributed by atoms with Gasteiger partial charge in [-0.25, -0.2) is 0 Å². The predicted molar refractivity (Wildman–Crippen MR) is 126 cm³/mol. The van der Waals surface area contributed by atoms with E-state index < -0.39 is 0 Å². The molecule has 0 radical (unpaired) electrons. The topological polar surface area (TPSA) is 20.2 Å². The van der Waals surface area contributed by atoms with E-state index in [9.17, 15) is 5.11 Å². The Bertz CT molecular complexity index is 722. The molecule has 5 aliphatic carbocycles. The highest BCUT2D eigenvalue weighted by molar-refractivity contribution is 5.33. The first-order valence-corrected chi connectivity index (χ1v) is 13.4. The fraction of sp³-hybridized carbons (Fsp3) is 0.931. The highest BCUT2D eigenvalue weighted by Gasteiger charge is 2.80. The van der Waals surface area contributed by atoms with Gasteiger partial charge in [-0.05, 0) is 129 Å². The van der Waals surface area contributed by atoms with Gasteiger partial charge in [-0.15, -0.1) is 0 Å². The Morgan fingerprint density at radius 3 is 2.43 bits per heavy atom. The second-order valence-corrected chi connectivity index (χ2v) is 13.6. The van der Waals surface area contributed by atoms with Crippen LogP contribution in [0, 0.1) is 51.2 Å². The van der Waals surface area contributed by atoms with Crippen molar-refractivity contribution in [1.82, 2.24) is 0 Å². The number of hydrogen-bond acceptors (Lipinski definition) is 1. The number of aliphatic hydroxyl groups is 1. The maximum Gasteiger partial charge on any atom is 0.0545 e. The van der Waals surface area contributed by atoms with Gasteiger partial charge < -0.3 is 5.11 Å².